The summed E-state index contributed by atoms with van der Waals surface area (Å²) < 4.78 is 50.0. The van der Waals surface area contributed by atoms with Crippen LogP contribution in [0.1, 0.15) is 24.0 Å². The highest BCUT2D eigenvalue weighted by molar-refractivity contribution is 6.05. The third-order valence-electron chi connectivity index (χ3n) is 5.16. The molecule has 1 aromatic carbocycles. The number of nitrogens with zero attached hydrogens (tertiary/aromatic N) is 2. The number of amides is 1. The topological polar surface area (TPSA) is 63.7 Å². The Morgan fingerprint density at radius 3 is 2.74 bits per heavy atom. The first-order valence-corrected chi connectivity index (χ1v) is 10.1. The Balaban J connectivity index is 1.58. The number of hydrogen-bond donors (Lipinski definition) is 1. The number of benzene rings is 1. The largest absolute Gasteiger partial charge is 0.493 e. The van der Waals surface area contributed by atoms with Crippen LogP contribution in [0.15, 0.2) is 42.6 Å². The lowest BCUT2D eigenvalue weighted by Crippen LogP contribution is -2.37. The second kappa shape index (κ2) is 8.97. The number of halogens is 3. The molecule has 1 fully saturated rings. The van der Waals surface area contributed by atoms with Gasteiger partial charge >= 0.3 is 6.18 Å². The summed E-state index contributed by atoms with van der Waals surface area (Å²) >= 11 is 0. The fraction of sp³-hybridized carbons (Fsp3) is 0.364. The molecule has 2 aliphatic heterocycles. The van der Waals surface area contributed by atoms with Crippen molar-refractivity contribution < 1.29 is 27.4 Å². The molecule has 0 saturated carbocycles. The van der Waals surface area contributed by atoms with Crippen LogP contribution in [0.3, 0.4) is 0 Å². The predicted octanol–water partition coefficient (Wildman–Crippen LogP) is 4.13. The van der Waals surface area contributed by atoms with Crippen LogP contribution in [0.2, 0.25) is 0 Å². The summed E-state index contributed by atoms with van der Waals surface area (Å²) in [4.78, 5) is 19.2. The molecule has 6 nitrogen and oxygen atoms in total. The number of rotatable bonds is 3. The normalized spacial score (nSPS) is 18.2. The summed E-state index contributed by atoms with van der Waals surface area (Å²) in [7, 11) is 0. The molecule has 0 atom stereocenters. The van der Waals surface area contributed by atoms with E-state index in [-0.39, 0.29) is 18.3 Å². The molecule has 164 valence electrons. The van der Waals surface area contributed by atoms with Gasteiger partial charge in [-0.15, -0.1) is 0 Å². The van der Waals surface area contributed by atoms with Crippen LogP contribution in [-0.4, -0.2) is 43.8 Å². The van der Waals surface area contributed by atoms with Crippen LogP contribution in [0, 0.1) is 0 Å². The van der Waals surface area contributed by atoms with Crippen molar-refractivity contribution in [2.75, 3.05) is 43.1 Å². The number of aromatic nitrogens is 1. The molecule has 0 radical (unpaired) electrons. The number of morpholine rings is 1. The van der Waals surface area contributed by atoms with Crippen LogP contribution in [-0.2, 0) is 15.7 Å². The van der Waals surface area contributed by atoms with Crippen LogP contribution in [0.25, 0.3) is 5.57 Å². The molecule has 0 aliphatic carbocycles. The Kier molecular flexibility index (Phi) is 6.13. The van der Waals surface area contributed by atoms with Crippen molar-refractivity contribution in [2.24, 2.45) is 0 Å². The van der Waals surface area contributed by atoms with Gasteiger partial charge < -0.3 is 19.7 Å². The minimum absolute atomic E-state index is 0.141. The Morgan fingerprint density at radius 1 is 1.16 bits per heavy atom. The van der Waals surface area contributed by atoms with Crippen molar-refractivity contribution in [1.29, 1.82) is 0 Å². The molecule has 1 aromatic heterocycles. The number of carbonyl (C=O) groups excluding carboxylic acids is 1. The lowest BCUT2D eigenvalue weighted by atomic mass is 9.99. The number of pyridine rings is 1. The molecule has 9 heteroatoms. The van der Waals surface area contributed by atoms with Gasteiger partial charge in [0.2, 0.25) is 5.91 Å². The number of allylic oxidation sites excluding steroid dienone is 1. The van der Waals surface area contributed by atoms with Gasteiger partial charge in [-0.05, 0) is 42.7 Å². The maximum absolute atomic E-state index is 13.0. The summed E-state index contributed by atoms with van der Waals surface area (Å²) in [5, 5.41) is 2.86. The Bertz CT molecular complexity index is 985. The Labute approximate surface area is 177 Å². The molecule has 2 aromatic rings. The molecule has 0 spiro atoms. The molecule has 1 amide bonds. The molecule has 0 unspecified atom stereocenters. The summed E-state index contributed by atoms with van der Waals surface area (Å²) in [6.07, 6.45) is -0.245. The smallest absolute Gasteiger partial charge is 0.416 e. The highest BCUT2D eigenvalue weighted by Gasteiger charge is 2.32. The zero-order valence-corrected chi connectivity index (χ0v) is 16.7. The van der Waals surface area contributed by atoms with Gasteiger partial charge in [-0.2, -0.15) is 13.2 Å². The van der Waals surface area contributed by atoms with Gasteiger partial charge in [0.15, 0.2) is 5.82 Å². The monoisotopic (exact) mass is 433 g/mol. The summed E-state index contributed by atoms with van der Waals surface area (Å²) in [6.45, 7) is 2.81. The SMILES string of the molecule is O=C(C=C1CCCOc2cc(C(F)(F)F)ccc21)Nc1cccnc1N1CCOCC1. The number of fused-ring (bicyclic) bond motifs is 1. The number of anilines is 2. The van der Waals surface area contributed by atoms with Crippen LogP contribution in [0.5, 0.6) is 5.75 Å². The standard InChI is InChI=1S/C22H22F3N3O3/c23-22(24,25)16-5-6-17-15(3-2-10-31-19(17)14-16)13-20(29)27-18-4-1-7-26-21(18)28-8-11-30-12-9-28/h1,4-7,13-14H,2-3,8-12H2,(H,27,29). The third-order valence-corrected chi connectivity index (χ3v) is 5.16. The minimum Gasteiger partial charge on any atom is -0.493 e. The van der Waals surface area contributed by atoms with E-state index >= 15 is 0 Å². The maximum atomic E-state index is 13.0. The molecule has 4 rings (SSSR count). The molecule has 31 heavy (non-hydrogen) atoms. The van der Waals surface area contributed by atoms with E-state index in [1.165, 1.54) is 12.1 Å². The number of hydrogen-bond acceptors (Lipinski definition) is 5. The molecule has 1 saturated heterocycles. The fourth-order valence-corrected chi connectivity index (χ4v) is 3.66. The zero-order chi connectivity index (χ0) is 21.8. The third kappa shape index (κ3) is 4.99. The van der Waals surface area contributed by atoms with Crippen molar-refractivity contribution in [2.45, 2.75) is 19.0 Å². The van der Waals surface area contributed by atoms with E-state index in [4.69, 9.17) is 9.47 Å². The van der Waals surface area contributed by atoms with E-state index < -0.39 is 11.7 Å². The van der Waals surface area contributed by atoms with Crippen LogP contribution >= 0.6 is 0 Å². The van der Waals surface area contributed by atoms with Crippen LogP contribution in [0.4, 0.5) is 24.7 Å². The first-order chi connectivity index (χ1) is 14.9. The van der Waals surface area contributed by atoms with E-state index in [1.54, 1.807) is 18.3 Å². The van der Waals surface area contributed by atoms with Gasteiger partial charge in [-0.1, -0.05) is 6.07 Å². The second-order valence-corrected chi connectivity index (χ2v) is 7.29. The van der Waals surface area contributed by atoms with Gasteiger partial charge in [-0.25, -0.2) is 4.98 Å². The fourth-order valence-electron chi connectivity index (χ4n) is 3.66. The maximum Gasteiger partial charge on any atom is 0.416 e. The van der Waals surface area contributed by atoms with Gasteiger partial charge in [0.25, 0.3) is 0 Å². The number of nitrogens with one attached hydrogen (secondary N) is 1. The van der Waals surface area contributed by atoms with Gasteiger partial charge in [0, 0.05) is 30.9 Å². The molecule has 3 heterocycles. The van der Waals surface area contributed by atoms with E-state index in [0.29, 0.717) is 61.8 Å². The lowest BCUT2D eigenvalue weighted by Gasteiger charge is -2.29. The highest BCUT2D eigenvalue weighted by atomic mass is 19.4. The van der Waals surface area contributed by atoms with Crippen LogP contribution < -0.4 is 15.0 Å². The first kappa shape index (κ1) is 21.2. The van der Waals surface area contributed by atoms with Crippen molar-refractivity contribution in [3.63, 3.8) is 0 Å². The predicted molar refractivity (Wildman–Crippen MR) is 110 cm³/mol. The van der Waals surface area contributed by atoms with E-state index in [2.05, 4.69) is 10.3 Å². The van der Waals surface area contributed by atoms with Crippen molar-refractivity contribution in [3.8, 4) is 5.75 Å². The minimum atomic E-state index is -4.46. The molecule has 1 N–H and O–H groups in total. The molecule has 0 bridgehead atoms. The molecule has 2 aliphatic rings. The average Bonchev–Trinajstić information content (AvgIpc) is 2.96. The van der Waals surface area contributed by atoms with Gasteiger partial charge in [0.05, 0.1) is 31.1 Å². The zero-order valence-electron chi connectivity index (χ0n) is 16.7. The first-order valence-electron chi connectivity index (χ1n) is 10.1. The highest BCUT2D eigenvalue weighted by Crippen LogP contribution is 2.38. The average molecular weight is 433 g/mol. The van der Waals surface area contributed by atoms with E-state index in [9.17, 15) is 18.0 Å². The van der Waals surface area contributed by atoms with Crippen molar-refractivity contribution >= 4 is 23.0 Å². The van der Waals surface area contributed by atoms with Crippen molar-refractivity contribution in [1.82, 2.24) is 4.98 Å². The number of alkyl halides is 3. The molecular formula is C22H22F3N3O3. The van der Waals surface area contributed by atoms with E-state index in [0.717, 1.165) is 12.1 Å². The Hall–Kier alpha value is -3.07. The summed E-state index contributed by atoms with van der Waals surface area (Å²) in [6, 6.07) is 6.88. The lowest BCUT2D eigenvalue weighted by molar-refractivity contribution is -0.137. The number of carbonyl (C=O) groups is 1. The van der Waals surface area contributed by atoms with E-state index in [1.807, 2.05) is 4.90 Å². The van der Waals surface area contributed by atoms with Crippen molar-refractivity contribution in [3.05, 3.63) is 53.7 Å². The van der Waals surface area contributed by atoms with Gasteiger partial charge in [-0.3, -0.25) is 4.79 Å². The number of ether oxygens (including phenoxy) is 2. The second-order valence-electron chi connectivity index (χ2n) is 7.29. The summed E-state index contributed by atoms with van der Waals surface area (Å²) in [5.74, 6) is 0.434. The quantitative estimate of drug-likeness (QED) is 0.738. The summed E-state index contributed by atoms with van der Waals surface area (Å²) in [5.41, 5.74) is 0.932. The Morgan fingerprint density at radius 2 is 1.97 bits per heavy atom. The van der Waals surface area contributed by atoms with Gasteiger partial charge in [0.1, 0.15) is 5.75 Å². The molecular weight excluding hydrogens is 411 g/mol.